The largest absolute Gasteiger partial charge is 0.370 e. The summed E-state index contributed by atoms with van der Waals surface area (Å²) in [4.78, 5) is 26.2. The highest BCUT2D eigenvalue weighted by Gasteiger charge is 2.25. The van der Waals surface area contributed by atoms with Crippen LogP contribution in [0.15, 0.2) is 17.1 Å². The molecule has 0 bridgehead atoms. The molecular formula is C17H28N4O2. The standard InChI is InChI=1S/C17H28N4O2/c1-3-5-8-18-17(23)14-6-10-20(11-7-14)15-12-16(22)21(9-4-2)19-13-15/h12-14H,3-11H2,1-2H3,(H,18,23). The third kappa shape index (κ3) is 4.81. The number of hydrogen-bond donors (Lipinski definition) is 1. The number of aryl methyl sites for hydroxylation is 1. The Kier molecular flexibility index (Phi) is 6.62. The monoisotopic (exact) mass is 320 g/mol. The highest BCUT2D eigenvalue weighted by atomic mass is 16.2. The second-order valence-corrected chi connectivity index (χ2v) is 6.18. The SMILES string of the molecule is CCCCNC(=O)C1CCN(c2cnn(CCC)c(=O)c2)CC1. The second kappa shape index (κ2) is 8.70. The van der Waals surface area contributed by atoms with Gasteiger partial charge in [-0.25, -0.2) is 4.68 Å². The first-order valence-corrected chi connectivity index (χ1v) is 8.75. The van der Waals surface area contributed by atoms with Crippen molar-refractivity contribution in [2.45, 2.75) is 52.5 Å². The summed E-state index contributed by atoms with van der Waals surface area (Å²) in [6, 6.07) is 1.66. The lowest BCUT2D eigenvalue weighted by Crippen LogP contribution is -2.41. The second-order valence-electron chi connectivity index (χ2n) is 6.18. The lowest BCUT2D eigenvalue weighted by molar-refractivity contribution is -0.125. The Bertz CT molecular complexity index is 562. The van der Waals surface area contributed by atoms with E-state index in [9.17, 15) is 9.59 Å². The number of nitrogens with one attached hydrogen (secondary N) is 1. The fraction of sp³-hybridized carbons (Fsp3) is 0.706. The average molecular weight is 320 g/mol. The zero-order valence-electron chi connectivity index (χ0n) is 14.3. The molecule has 6 heteroatoms. The predicted octanol–water partition coefficient (Wildman–Crippen LogP) is 1.79. The number of carbonyl (C=O) groups is 1. The molecule has 0 radical (unpaired) electrons. The maximum Gasteiger partial charge on any atom is 0.268 e. The molecular weight excluding hydrogens is 292 g/mol. The molecule has 1 N–H and O–H groups in total. The summed E-state index contributed by atoms with van der Waals surface area (Å²) in [6.45, 7) is 7.16. The van der Waals surface area contributed by atoms with Crippen LogP contribution in [0.3, 0.4) is 0 Å². The van der Waals surface area contributed by atoms with Crippen LogP contribution in [-0.2, 0) is 11.3 Å². The predicted molar refractivity (Wildman–Crippen MR) is 91.6 cm³/mol. The van der Waals surface area contributed by atoms with E-state index in [0.29, 0.717) is 6.54 Å². The smallest absolute Gasteiger partial charge is 0.268 e. The molecule has 1 fully saturated rings. The molecule has 1 amide bonds. The summed E-state index contributed by atoms with van der Waals surface area (Å²) >= 11 is 0. The van der Waals surface area contributed by atoms with Crippen LogP contribution in [0.1, 0.15) is 46.0 Å². The summed E-state index contributed by atoms with van der Waals surface area (Å²) in [5.74, 6) is 0.270. The molecule has 0 spiro atoms. The quantitative estimate of drug-likeness (QED) is 0.778. The van der Waals surface area contributed by atoms with Gasteiger partial charge in [-0.05, 0) is 25.7 Å². The van der Waals surface area contributed by atoms with Crippen LogP contribution < -0.4 is 15.8 Å². The number of rotatable bonds is 7. The molecule has 1 aromatic rings. The van der Waals surface area contributed by atoms with Gasteiger partial charge < -0.3 is 10.2 Å². The van der Waals surface area contributed by atoms with E-state index in [4.69, 9.17) is 0 Å². The molecule has 1 aliphatic heterocycles. The van der Waals surface area contributed by atoms with E-state index >= 15 is 0 Å². The van der Waals surface area contributed by atoms with Crippen LogP contribution >= 0.6 is 0 Å². The average Bonchev–Trinajstić information content (AvgIpc) is 2.57. The molecule has 0 aromatic carbocycles. The van der Waals surface area contributed by atoms with Crippen LogP contribution in [0.4, 0.5) is 5.69 Å². The minimum absolute atomic E-state index is 0.0521. The normalized spacial score (nSPS) is 15.7. The van der Waals surface area contributed by atoms with Crippen molar-refractivity contribution in [3.8, 4) is 0 Å². The Hall–Kier alpha value is -1.85. The van der Waals surface area contributed by atoms with Gasteiger partial charge in [0.25, 0.3) is 5.56 Å². The molecule has 128 valence electrons. The fourth-order valence-electron chi connectivity index (χ4n) is 2.91. The van der Waals surface area contributed by atoms with E-state index in [1.54, 1.807) is 12.3 Å². The Morgan fingerprint density at radius 1 is 1.30 bits per heavy atom. The van der Waals surface area contributed by atoms with Crippen molar-refractivity contribution in [1.29, 1.82) is 0 Å². The van der Waals surface area contributed by atoms with Crippen molar-refractivity contribution in [3.05, 3.63) is 22.6 Å². The molecule has 2 heterocycles. The van der Waals surface area contributed by atoms with E-state index < -0.39 is 0 Å². The number of anilines is 1. The first kappa shape index (κ1) is 17.5. The number of hydrogen-bond acceptors (Lipinski definition) is 4. The van der Waals surface area contributed by atoms with Crippen molar-refractivity contribution in [3.63, 3.8) is 0 Å². The Balaban J connectivity index is 1.88. The number of amides is 1. The van der Waals surface area contributed by atoms with E-state index in [-0.39, 0.29) is 17.4 Å². The lowest BCUT2D eigenvalue weighted by Gasteiger charge is -2.32. The summed E-state index contributed by atoms with van der Waals surface area (Å²) in [6.07, 6.45) is 6.44. The Morgan fingerprint density at radius 2 is 2.04 bits per heavy atom. The summed E-state index contributed by atoms with van der Waals surface area (Å²) in [5, 5.41) is 7.25. The highest BCUT2D eigenvalue weighted by molar-refractivity contribution is 5.78. The van der Waals surface area contributed by atoms with Crippen LogP contribution in [0.25, 0.3) is 0 Å². The van der Waals surface area contributed by atoms with Crippen molar-refractivity contribution in [1.82, 2.24) is 15.1 Å². The van der Waals surface area contributed by atoms with Gasteiger partial charge in [-0.2, -0.15) is 5.10 Å². The van der Waals surface area contributed by atoms with Crippen molar-refractivity contribution < 1.29 is 4.79 Å². The molecule has 0 atom stereocenters. The number of carbonyl (C=O) groups excluding carboxylic acids is 1. The number of nitrogens with zero attached hydrogens (tertiary/aromatic N) is 3. The Morgan fingerprint density at radius 3 is 2.65 bits per heavy atom. The molecule has 0 unspecified atom stereocenters. The number of piperidine rings is 1. The minimum Gasteiger partial charge on any atom is -0.370 e. The van der Waals surface area contributed by atoms with E-state index in [1.165, 1.54) is 4.68 Å². The molecule has 2 rings (SSSR count). The third-order valence-corrected chi connectivity index (χ3v) is 4.35. The van der Waals surface area contributed by atoms with Gasteiger partial charge in [0.15, 0.2) is 0 Å². The molecule has 1 aromatic heterocycles. The van der Waals surface area contributed by atoms with Gasteiger partial charge in [0.05, 0.1) is 11.9 Å². The van der Waals surface area contributed by atoms with Crippen LogP contribution in [0.5, 0.6) is 0 Å². The van der Waals surface area contributed by atoms with Crippen molar-refractivity contribution in [2.24, 2.45) is 5.92 Å². The first-order valence-electron chi connectivity index (χ1n) is 8.75. The molecule has 23 heavy (non-hydrogen) atoms. The van der Waals surface area contributed by atoms with E-state index in [2.05, 4.69) is 22.2 Å². The van der Waals surface area contributed by atoms with Crippen molar-refractivity contribution in [2.75, 3.05) is 24.5 Å². The fourth-order valence-corrected chi connectivity index (χ4v) is 2.91. The first-order chi connectivity index (χ1) is 11.2. The van der Waals surface area contributed by atoms with Gasteiger partial charge in [-0.15, -0.1) is 0 Å². The van der Waals surface area contributed by atoms with Gasteiger partial charge in [0.2, 0.25) is 5.91 Å². The zero-order chi connectivity index (χ0) is 16.7. The van der Waals surface area contributed by atoms with Crippen LogP contribution in [0.2, 0.25) is 0 Å². The molecule has 1 aliphatic rings. The van der Waals surface area contributed by atoms with E-state index in [1.807, 2.05) is 6.92 Å². The maximum atomic E-state index is 12.1. The number of aromatic nitrogens is 2. The van der Waals surface area contributed by atoms with Crippen LogP contribution in [-0.4, -0.2) is 35.3 Å². The maximum absolute atomic E-state index is 12.1. The highest BCUT2D eigenvalue weighted by Crippen LogP contribution is 2.21. The summed E-state index contributed by atoms with van der Waals surface area (Å²) in [5.41, 5.74) is 0.816. The molecule has 6 nitrogen and oxygen atoms in total. The third-order valence-electron chi connectivity index (χ3n) is 4.35. The van der Waals surface area contributed by atoms with E-state index in [0.717, 1.165) is 57.4 Å². The van der Waals surface area contributed by atoms with Gasteiger partial charge in [0.1, 0.15) is 0 Å². The summed E-state index contributed by atoms with van der Waals surface area (Å²) in [7, 11) is 0. The van der Waals surface area contributed by atoms with Crippen molar-refractivity contribution >= 4 is 11.6 Å². The lowest BCUT2D eigenvalue weighted by atomic mass is 9.95. The van der Waals surface area contributed by atoms with Gasteiger partial charge >= 0.3 is 0 Å². The molecule has 0 saturated carbocycles. The topological polar surface area (TPSA) is 67.2 Å². The summed E-state index contributed by atoms with van der Waals surface area (Å²) < 4.78 is 1.50. The van der Waals surface area contributed by atoms with Gasteiger partial charge in [-0.1, -0.05) is 20.3 Å². The Labute approximate surface area is 137 Å². The zero-order valence-corrected chi connectivity index (χ0v) is 14.3. The van der Waals surface area contributed by atoms with Crippen LogP contribution in [0, 0.1) is 5.92 Å². The molecule has 1 saturated heterocycles. The van der Waals surface area contributed by atoms with Gasteiger partial charge in [-0.3, -0.25) is 9.59 Å². The number of unbranched alkanes of at least 4 members (excludes halogenated alkanes) is 1. The minimum atomic E-state index is -0.0521. The molecule has 0 aliphatic carbocycles. The van der Waals surface area contributed by atoms with Gasteiger partial charge in [0, 0.05) is 38.2 Å².